The van der Waals surface area contributed by atoms with Crippen molar-refractivity contribution in [3.05, 3.63) is 12.2 Å². The van der Waals surface area contributed by atoms with Crippen LogP contribution in [-0.2, 0) is 22.4 Å². The Morgan fingerprint density at radius 3 is 2.80 bits per heavy atom. The van der Waals surface area contributed by atoms with E-state index in [2.05, 4.69) is 36.2 Å². The van der Waals surface area contributed by atoms with Gasteiger partial charge in [-0.2, -0.15) is 5.10 Å². The molecule has 6 nitrogen and oxygen atoms in total. The fourth-order valence-corrected chi connectivity index (χ4v) is 2.01. The van der Waals surface area contributed by atoms with Gasteiger partial charge in [0.15, 0.2) is 0 Å². The van der Waals surface area contributed by atoms with Crippen molar-refractivity contribution in [2.24, 2.45) is 5.92 Å². The third kappa shape index (κ3) is 6.45. The van der Waals surface area contributed by atoms with Crippen LogP contribution in [0.1, 0.15) is 26.6 Å². The molecule has 0 fully saturated rings. The van der Waals surface area contributed by atoms with Gasteiger partial charge in [-0.15, -0.1) is 0 Å². The van der Waals surface area contributed by atoms with Crippen LogP contribution in [0.2, 0.25) is 0 Å². The van der Waals surface area contributed by atoms with Crippen molar-refractivity contribution in [2.45, 2.75) is 39.8 Å². The molecular formula is C14H28N4O2. The van der Waals surface area contributed by atoms with Crippen molar-refractivity contribution >= 4 is 0 Å². The summed E-state index contributed by atoms with van der Waals surface area (Å²) in [6.45, 7) is 10.2. The molecule has 0 radical (unpaired) electrons. The minimum absolute atomic E-state index is 0.256. The van der Waals surface area contributed by atoms with Crippen LogP contribution in [0.4, 0.5) is 0 Å². The van der Waals surface area contributed by atoms with E-state index in [0.29, 0.717) is 25.7 Å². The highest BCUT2D eigenvalue weighted by Crippen LogP contribution is 2.04. The molecule has 0 saturated carbocycles. The molecular weight excluding hydrogens is 256 g/mol. The Labute approximate surface area is 121 Å². The largest absolute Gasteiger partial charge is 0.382 e. The summed E-state index contributed by atoms with van der Waals surface area (Å²) in [5.41, 5.74) is 0. The first-order valence-electron chi connectivity index (χ1n) is 7.34. The third-order valence-electron chi connectivity index (χ3n) is 2.91. The lowest BCUT2D eigenvalue weighted by Crippen LogP contribution is -2.36. The molecule has 0 aliphatic rings. The maximum absolute atomic E-state index is 5.61. The van der Waals surface area contributed by atoms with Crippen molar-refractivity contribution < 1.29 is 9.47 Å². The zero-order chi connectivity index (χ0) is 14.8. The average molecular weight is 284 g/mol. The fourth-order valence-electron chi connectivity index (χ4n) is 2.01. The van der Waals surface area contributed by atoms with Gasteiger partial charge in [0, 0.05) is 26.1 Å². The van der Waals surface area contributed by atoms with Gasteiger partial charge in [0.05, 0.1) is 19.8 Å². The number of likely N-dealkylation sites (N-methyl/N-ethyl adjacent to an activating group) is 1. The first-order valence-corrected chi connectivity index (χ1v) is 7.34. The maximum atomic E-state index is 5.61. The third-order valence-corrected chi connectivity index (χ3v) is 2.91. The molecule has 0 amide bonds. The van der Waals surface area contributed by atoms with Crippen LogP contribution in [0.15, 0.2) is 6.33 Å². The monoisotopic (exact) mass is 284 g/mol. The van der Waals surface area contributed by atoms with E-state index in [0.717, 1.165) is 25.3 Å². The first-order chi connectivity index (χ1) is 9.67. The van der Waals surface area contributed by atoms with Gasteiger partial charge in [-0.05, 0) is 12.5 Å². The van der Waals surface area contributed by atoms with E-state index < -0.39 is 0 Å². The highest BCUT2D eigenvalue weighted by molar-refractivity contribution is 4.90. The van der Waals surface area contributed by atoms with E-state index >= 15 is 0 Å². The van der Waals surface area contributed by atoms with Gasteiger partial charge in [0.1, 0.15) is 12.2 Å². The molecule has 0 saturated heterocycles. The van der Waals surface area contributed by atoms with Gasteiger partial charge in [-0.1, -0.05) is 20.8 Å². The number of hydrogen-bond donors (Lipinski definition) is 1. The number of nitrogens with one attached hydrogen (secondary N) is 1. The number of rotatable bonds is 11. The van der Waals surface area contributed by atoms with Crippen LogP contribution in [0.25, 0.3) is 0 Å². The van der Waals surface area contributed by atoms with E-state index in [1.165, 1.54) is 0 Å². The van der Waals surface area contributed by atoms with Gasteiger partial charge in [-0.25, -0.2) is 9.67 Å². The summed E-state index contributed by atoms with van der Waals surface area (Å²) in [5, 5.41) is 7.73. The molecule has 116 valence electrons. The summed E-state index contributed by atoms with van der Waals surface area (Å²) >= 11 is 0. The quantitative estimate of drug-likeness (QED) is 0.617. The standard InChI is InChI=1S/C14H28N4O2/c1-5-15-13(10-20-7-6-19-4)8-14-16-11-17-18(14)9-12(2)3/h11-13,15H,5-10H2,1-4H3. The summed E-state index contributed by atoms with van der Waals surface area (Å²) in [4.78, 5) is 4.37. The van der Waals surface area contributed by atoms with Gasteiger partial charge in [0.2, 0.25) is 0 Å². The Kier molecular flexibility index (Phi) is 8.41. The Balaban J connectivity index is 2.49. The van der Waals surface area contributed by atoms with E-state index in [4.69, 9.17) is 9.47 Å². The van der Waals surface area contributed by atoms with Gasteiger partial charge < -0.3 is 14.8 Å². The molecule has 0 aliphatic carbocycles. The van der Waals surface area contributed by atoms with E-state index in [-0.39, 0.29) is 6.04 Å². The second-order valence-electron chi connectivity index (χ2n) is 5.28. The Morgan fingerprint density at radius 1 is 1.35 bits per heavy atom. The summed E-state index contributed by atoms with van der Waals surface area (Å²) in [5.74, 6) is 1.57. The number of methoxy groups -OCH3 is 1. The van der Waals surface area contributed by atoms with Gasteiger partial charge in [-0.3, -0.25) is 0 Å². The molecule has 1 N–H and O–H groups in total. The lowest BCUT2D eigenvalue weighted by atomic mass is 10.2. The molecule has 0 bridgehead atoms. The summed E-state index contributed by atoms with van der Waals surface area (Å²) < 4.78 is 12.6. The molecule has 20 heavy (non-hydrogen) atoms. The second-order valence-corrected chi connectivity index (χ2v) is 5.28. The smallest absolute Gasteiger partial charge is 0.138 e. The summed E-state index contributed by atoms with van der Waals surface area (Å²) in [6.07, 6.45) is 2.46. The number of aromatic nitrogens is 3. The molecule has 0 aromatic carbocycles. The molecule has 1 aromatic rings. The van der Waals surface area contributed by atoms with E-state index in [1.807, 2.05) is 4.68 Å². The zero-order valence-corrected chi connectivity index (χ0v) is 13.1. The highest BCUT2D eigenvalue weighted by atomic mass is 16.5. The van der Waals surface area contributed by atoms with Gasteiger partial charge in [0.25, 0.3) is 0 Å². The fraction of sp³-hybridized carbons (Fsp3) is 0.857. The molecule has 1 heterocycles. The molecule has 1 aromatic heterocycles. The van der Waals surface area contributed by atoms with Crippen molar-refractivity contribution in [2.75, 3.05) is 33.5 Å². The topological polar surface area (TPSA) is 61.2 Å². The summed E-state index contributed by atoms with van der Waals surface area (Å²) in [7, 11) is 1.68. The zero-order valence-electron chi connectivity index (χ0n) is 13.1. The van der Waals surface area contributed by atoms with Crippen LogP contribution in [0.5, 0.6) is 0 Å². The predicted octanol–water partition coefficient (Wildman–Crippen LogP) is 1.12. The minimum atomic E-state index is 0.256. The molecule has 6 heteroatoms. The van der Waals surface area contributed by atoms with Gasteiger partial charge >= 0.3 is 0 Å². The lowest BCUT2D eigenvalue weighted by Gasteiger charge is -2.18. The molecule has 0 spiro atoms. The first kappa shape index (κ1) is 17.1. The predicted molar refractivity (Wildman–Crippen MR) is 78.7 cm³/mol. The van der Waals surface area contributed by atoms with Crippen LogP contribution in [0, 0.1) is 5.92 Å². The normalized spacial score (nSPS) is 13.1. The average Bonchev–Trinajstić information content (AvgIpc) is 2.81. The van der Waals surface area contributed by atoms with Crippen molar-refractivity contribution in [1.29, 1.82) is 0 Å². The maximum Gasteiger partial charge on any atom is 0.138 e. The van der Waals surface area contributed by atoms with Crippen molar-refractivity contribution in [3.63, 3.8) is 0 Å². The molecule has 1 atom stereocenters. The van der Waals surface area contributed by atoms with E-state index in [9.17, 15) is 0 Å². The Bertz CT molecular complexity index is 355. The van der Waals surface area contributed by atoms with Crippen molar-refractivity contribution in [3.8, 4) is 0 Å². The van der Waals surface area contributed by atoms with Crippen LogP contribution < -0.4 is 5.32 Å². The second kappa shape index (κ2) is 9.85. The molecule has 0 aliphatic heterocycles. The Morgan fingerprint density at radius 2 is 2.15 bits per heavy atom. The highest BCUT2D eigenvalue weighted by Gasteiger charge is 2.14. The SMILES string of the molecule is CCNC(COCCOC)Cc1ncnn1CC(C)C. The number of nitrogens with zero attached hydrogens (tertiary/aromatic N) is 3. The molecule has 1 rings (SSSR count). The van der Waals surface area contributed by atoms with Crippen LogP contribution >= 0.6 is 0 Å². The van der Waals surface area contributed by atoms with Crippen LogP contribution in [0.3, 0.4) is 0 Å². The number of ether oxygens (including phenoxy) is 2. The summed E-state index contributed by atoms with van der Waals surface area (Å²) in [6, 6.07) is 0.256. The van der Waals surface area contributed by atoms with Crippen LogP contribution in [-0.4, -0.2) is 54.3 Å². The Hall–Kier alpha value is -0.980. The number of hydrogen-bond acceptors (Lipinski definition) is 5. The minimum Gasteiger partial charge on any atom is -0.382 e. The molecule has 1 unspecified atom stereocenters. The van der Waals surface area contributed by atoms with E-state index in [1.54, 1.807) is 13.4 Å². The lowest BCUT2D eigenvalue weighted by molar-refractivity contribution is 0.0585. The van der Waals surface area contributed by atoms with Crippen molar-refractivity contribution in [1.82, 2.24) is 20.1 Å².